The molecule has 490 valence electrons. The Morgan fingerprint density at radius 1 is 0.659 bits per heavy atom. The second-order valence-corrected chi connectivity index (χ2v) is 27.7. The van der Waals surface area contributed by atoms with Gasteiger partial charge in [0.15, 0.2) is 31.5 Å². The molecule has 85 heavy (non-hydrogen) atoms. The van der Waals surface area contributed by atoms with E-state index in [1.165, 1.54) is 26.3 Å². The maximum absolute atomic E-state index is 12.4. The summed E-state index contributed by atoms with van der Waals surface area (Å²) >= 11 is 0. The lowest BCUT2D eigenvalue weighted by Crippen LogP contribution is -2.67. The molecule has 8 fully saturated rings. The molecule has 0 bridgehead atoms. The normalized spacial score (nSPS) is 51.3. The van der Waals surface area contributed by atoms with Gasteiger partial charge in [0.2, 0.25) is 0 Å². The third kappa shape index (κ3) is 13.4. The van der Waals surface area contributed by atoms with Gasteiger partial charge in [-0.05, 0) is 126 Å². The minimum Gasteiger partial charge on any atom is -0.394 e. The molecular formula is C57H94O27S. The first-order valence-electron chi connectivity index (χ1n) is 30.1. The van der Waals surface area contributed by atoms with Crippen molar-refractivity contribution in [1.29, 1.82) is 0 Å². The minimum absolute atomic E-state index is 0.0571. The molecule has 0 aromatic heterocycles. The molecule has 9 rings (SSSR count). The van der Waals surface area contributed by atoms with Gasteiger partial charge in [0.05, 0.1) is 49.3 Å². The fraction of sp³-hybridized carbons (Fsp3) is 0.930. The number of hydrogen-bond donors (Lipinski definition) is 14. The smallest absolute Gasteiger partial charge is 0.394 e. The van der Waals surface area contributed by atoms with E-state index in [1.807, 2.05) is 6.92 Å². The number of hydrogen-bond acceptors (Lipinski definition) is 26. The van der Waals surface area contributed by atoms with Crippen molar-refractivity contribution in [3.63, 3.8) is 0 Å². The van der Waals surface area contributed by atoms with Gasteiger partial charge in [-0.2, -0.15) is 8.42 Å². The largest absolute Gasteiger partial charge is 0.397 e. The van der Waals surface area contributed by atoms with Gasteiger partial charge in [-0.1, -0.05) is 51.5 Å². The molecule has 0 aromatic rings. The van der Waals surface area contributed by atoms with E-state index < -0.39 is 200 Å². The molecule has 0 radical (unpaired) electrons. The van der Waals surface area contributed by atoms with E-state index in [1.54, 1.807) is 0 Å². The highest BCUT2D eigenvalue weighted by molar-refractivity contribution is 7.80. The first-order chi connectivity index (χ1) is 39.7. The Balaban J connectivity index is 0.981. The molecule has 27 nitrogen and oxygen atoms in total. The van der Waals surface area contributed by atoms with Crippen molar-refractivity contribution in [1.82, 2.24) is 0 Å². The molecule has 4 aliphatic carbocycles. The molecule has 33 atom stereocenters. The summed E-state index contributed by atoms with van der Waals surface area (Å²) in [5, 5.41) is 145. The van der Waals surface area contributed by atoms with E-state index in [0.29, 0.717) is 38.5 Å². The Morgan fingerprint density at radius 2 is 1.21 bits per heavy atom. The molecule has 5 saturated heterocycles. The van der Waals surface area contributed by atoms with Gasteiger partial charge in [0, 0.05) is 0 Å². The topological polar surface area (TPSA) is 419 Å². The van der Waals surface area contributed by atoms with Crippen molar-refractivity contribution < 1.29 is 131 Å². The van der Waals surface area contributed by atoms with Crippen molar-refractivity contribution in [3.05, 3.63) is 23.8 Å². The van der Waals surface area contributed by atoms with Gasteiger partial charge in [-0.15, -0.1) is 0 Å². The molecule has 14 N–H and O–H groups in total. The van der Waals surface area contributed by atoms with Crippen LogP contribution in [0.4, 0.5) is 0 Å². The summed E-state index contributed by atoms with van der Waals surface area (Å²) in [5.74, 6) is -0.257. The lowest BCUT2D eigenvalue weighted by Gasteiger charge is -2.60. The Kier molecular flexibility index (Phi) is 20.9. The first kappa shape index (κ1) is 67.8. The lowest BCUT2D eigenvalue weighted by molar-refractivity contribution is -0.398. The van der Waals surface area contributed by atoms with Crippen LogP contribution in [0.3, 0.4) is 0 Å². The monoisotopic (exact) mass is 1240 g/mol. The number of ether oxygens (including phenoxy) is 10. The van der Waals surface area contributed by atoms with Crippen LogP contribution in [0.1, 0.15) is 113 Å². The predicted molar refractivity (Wildman–Crippen MR) is 290 cm³/mol. The van der Waals surface area contributed by atoms with Gasteiger partial charge in [-0.3, -0.25) is 4.55 Å². The molecule has 9 aliphatic rings. The highest BCUT2D eigenvalue weighted by Gasteiger charge is 2.64. The van der Waals surface area contributed by atoms with Crippen LogP contribution in [0, 0.1) is 40.4 Å². The van der Waals surface area contributed by atoms with Crippen molar-refractivity contribution in [2.75, 3.05) is 13.2 Å². The number of aliphatic hydroxyl groups is 13. The summed E-state index contributed by atoms with van der Waals surface area (Å²) in [4.78, 5) is 0. The second-order valence-electron chi connectivity index (χ2n) is 26.7. The average molecular weight is 1240 g/mol. The molecular weight excluding hydrogens is 1150 g/mol. The quantitative estimate of drug-likeness (QED) is 0.0538. The summed E-state index contributed by atoms with van der Waals surface area (Å²) in [6.07, 6.45) is -35.3. The van der Waals surface area contributed by atoms with Crippen LogP contribution in [-0.2, 0) is 62.0 Å². The second kappa shape index (κ2) is 26.2. The summed E-state index contributed by atoms with van der Waals surface area (Å²) < 4.78 is 101. The number of allylic oxidation sites excluding steroid dienone is 3. The molecule has 0 amide bonds. The SMILES string of the molecule is C=C(CC[C@](C)(O)[C@H]1CC[C@H]2[C@H]3C[C@H](O[C@@H]4O[C@H](C)[C@@H](O)[C@H](O[C@@H]5OC[C@@H](O[C@@H]6O[C@H](CO)[C@@H](O)[C@H](O)[C@H]6O[C@@H]6O[C@H](C)[C@@H](O)[C@H](O)[C@H]6O)[C@H](O)[C@H]5O[C@@H]5O[C@H](C)[C@@H](O)[C@H](O)[C@H]5O)[C@H]4O)[C@H]4C[C@@H](OS(=O)(=O)O)CC[C@]4(C)C3=CC[C@@]21C)C(C)C. The van der Waals surface area contributed by atoms with E-state index in [2.05, 4.69) is 40.3 Å². The maximum atomic E-state index is 12.4. The Morgan fingerprint density at radius 3 is 1.79 bits per heavy atom. The fourth-order valence-electron chi connectivity index (χ4n) is 15.6. The van der Waals surface area contributed by atoms with Gasteiger partial charge < -0.3 is 114 Å². The van der Waals surface area contributed by atoms with Crippen LogP contribution in [0.15, 0.2) is 23.8 Å². The highest BCUT2D eigenvalue weighted by Crippen LogP contribution is 2.67. The van der Waals surface area contributed by atoms with Crippen LogP contribution in [0.25, 0.3) is 0 Å². The summed E-state index contributed by atoms with van der Waals surface area (Å²) in [6.45, 7) is 17.4. The average Bonchev–Trinajstić information content (AvgIpc) is 1.79. The zero-order valence-corrected chi connectivity index (χ0v) is 50.3. The van der Waals surface area contributed by atoms with Crippen LogP contribution < -0.4 is 0 Å². The standard InChI is InChI=1S/C57H94O27S/c1-22(2)23(3)12-17-57(9,70)35-11-10-29-28-19-32(31-18-27(84-85(71,72)73)13-15-55(31,7)30(28)14-16-56(29,35)8)78-52-46(69)47(38(61)26(6)77-52)81-53-48(82-50-44(67)41(64)36(59)24(4)75-50)40(63)34(21-74-53)80-54-49(43(66)39(62)33(20-58)79-54)83-51-45(68)42(65)37(60)25(5)76-51/h14,22,24-29,31-54,58-70H,3,10-13,15-21H2,1-2,4-9H3,(H,71,72,73)/t24-,25-,26-,27+,28-,29+,31-,32+,33-,34-,35+,36-,37-,38-,39-,40+,41+,42+,43+,44-,45-,46-,47+,48-,49-,50+,51+,52+,53+,54+,55-,56+,57+/m1/s1. The molecule has 28 heteroatoms. The molecule has 0 spiro atoms. The first-order valence-corrected chi connectivity index (χ1v) is 31.4. The van der Waals surface area contributed by atoms with E-state index >= 15 is 0 Å². The molecule has 0 aromatic carbocycles. The van der Waals surface area contributed by atoms with Crippen molar-refractivity contribution in [2.24, 2.45) is 40.4 Å². The molecule has 5 aliphatic heterocycles. The molecule has 3 saturated carbocycles. The van der Waals surface area contributed by atoms with E-state index in [0.717, 1.165) is 18.4 Å². The molecule has 0 unspecified atom stereocenters. The fourth-order valence-corrected chi connectivity index (χ4v) is 16.1. The molecule has 5 heterocycles. The highest BCUT2D eigenvalue weighted by atomic mass is 32.3. The zero-order valence-electron chi connectivity index (χ0n) is 49.4. The Hall–Kier alpha value is -1.57. The number of rotatable bonds is 18. The lowest BCUT2D eigenvalue weighted by atomic mass is 9.47. The predicted octanol–water partition coefficient (Wildman–Crippen LogP) is -1.69. The van der Waals surface area contributed by atoms with Crippen LogP contribution in [0.2, 0.25) is 0 Å². The summed E-state index contributed by atoms with van der Waals surface area (Å²) in [5.41, 5.74) is 0.329. The third-order valence-corrected chi connectivity index (χ3v) is 21.4. The summed E-state index contributed by atoms with van der Waals surface area (Å²) in [6, 6.07) is 0. The zero-order chi connectivity index (χ0) is 62.3. The van der Waals surface area contributed by atoms with Crippen LogP contribution in [-0.4, -0.2) is 258 Å². The van der Waals surface area contributed by atoms with Crippen molar-refractivity contribution >= 4 is 10.4 Å². The van der Waals surface area contributed by atoms with E-state index in [-0.39, 0.29) is 35.5 Å². The minimum atomic E-state index is -4.87. The Labute approximate surface area is 495 Å². The number of aliphatic hydroxyl groups excluding tert-OH is 12. The van der Waals surface area contributed by atoms with Gasteiger partial charge in [0.1, 0.15) is 97.7 Å². The number of fused-ring (bicyclic) bond motifs is 5. The van der Waals surface area contributed by atoms with Crippen molar-refractivity contribution in [3.8, 4) is 0 Å². The van der Waals surface area contributed by atoms with Gasteiger partial charge in [-0.25, -0.2) is 4.18 Å². The van der Waals surface area contributed by atoms with Crippen LogP contribution >= 0.6 is 0 Å². The van der Waals surface area contributed by atoms with Gasteiger partial charge in [0.25, 0.3) is 0 Å². The van der Waals surface area contributed by atoms with Crippen LogP contribution in [0.5, 0.6) is 0 Å². The van der Waals surface area contributed by atoms with E-state index in [4.69, 9.17) is 51.6 Å². The van der Waals surface area contributed by atoms with E-state index in [9.17, 15) is 79.4 Å². The van der Waals surface area contributed by atoms with Gasteiger partial charge >= 0.3 is 10.4 Å². The maximum Gasteiger partial charge on any atom is 0.397 e. The van der Waals surface area contributed by atoms with Crippen molar-refractivity contribution in [2.45, 2.75) is 278 Å². The summed E-state index contributed by atoms with van der Waals surface area (Å²) in [7, 11) is -4.87. The third-order valence-electron chi connectivity index (χ3n) is 20.9. The Bertz CT molecular complexity index is 2420.